The van der Waals surface area contributed by atoms with E-state index in [1.54, 1.807) is 3.28 Å². The minimum Gasteiger partial charge on any atom is -0.147 e. The molecule has 0 aromatic carbocycles. The molecule has 1 nitrogen and oxygen atoms in total. The predicted octanol–water partition coefficient (Wildman–Crippen LogP) is 6.43. The maximum atomic E-state index is 3.68. The summed E-state index contributed by atoms with van der Waals surface area (Å²) in [5.74, 6) is -1.20. The Morgan fingerprint density at radius 2 is 1.55 bits per heavy atom. The van der Waals surface area contributed by atoms with E-state index in [0.717, 1.165) is 6.42 Å². The van der Waals surface area contributed by atoms with Gasteiger partial charge in [-0.15, -0.1) is 24.8 Å². The van der Waals surface area contributed by atoms with Crippen molar-refractivity contribution in [1.82, 2.24) is 4.98 Å². The average Bonchev–Trinajstić information content (AvgIpc) is 2.91. The van der Waals surface area contributed by atoms with Crippen LogP contribution < -0.4 is 3.40 Å². The van der Waals surface area contributed by atoms with E-state index in [4.69, 9.17) is 0 Å². The number of allylic oxidation sites excluding steroid dienone is 4. The van der Waals surface area contributed by atoms with Crippen molar-refractivity contribution >= 4 is 34.1 Å². The van der Waals surface area contributed by atoms with Crippen molar-refractivity contribution in [1.29, 1.82) is 0 Å². The first-order valence-electron chi connectivity index (χ1n) is 8.15. The third-order valence-electron chi connectivity index (χ3n) is 9.59. The Kier molecular flexibility index (Phi) is 3.20. The molecule has 1 aromatic heterocycles. The van der Waals surface area contributed by atoms with Crippen LogP contribution in [0.4, 0.5) is 0 Å². The normalized spacial score (nSPS) is 24.2. The van der Waals surface area contributed by atoms with Gasteiger partial charge in [-0.1, -0.05) is 0 Å². The summed E-state index contributed by atoms with van der Waals surface area (Å²) in [6, 6.07) is 4.52. The molecule has 1 aliphatic rings. The van der Waals surface area contributed by atoms with Crippen molar-refractivity contribution in [2.45, 2.75) is 47.3 Å². The maximum absolute atomic E-state index is 5.10. The van der Waals surface area contributed by atoms with Crippen LogP contribution in [0, 0.1) is 0 Å². The molecule has 0 radical (unpaired) electrons. The molecule has 22 heavy (non-hydrogen) atoms. The molecule has 5 heteroatoms. The fourth-order valence-electron chi connectivity index (χ4n) is 4.05. The van der Waals surface area contributed by atoms with E-state index in [1.807, 2.05) is 0 Å². The van der Waals surface area contributed by atoms with Gasteiger partial charge >= 0.3 is 113 Å². The van der Waals surface area contributed by atoms with Gasteiger partial charge in [-0.2, -0.15) is 0 Å². The molecule has 0 saturated heterocycles. The number of hydrogen-bond acceptors (Lipinski definition) is 0. The first-order valence-corrected chi connectivity index (χ1v) is 32.5. The van der Waals surface area contributed by atoms with Crippen LogP contribution in [0.15, 0.2) is 39.8 Å². The average molecular weight is 445 g/mol. The summed E-state index contributed by atoms with van der Waals surface area (Å²) >= 11 is -5.10. The minimum atomic E-state index is -5.10. The fraction of sp³-hybridized carbons (Fsp3) is 0.529. The van der Waals surface area contributed by atoms with Crippen molar-refractivity contribution < 1.29 is 12.0 Å². The third-order valence-corrected chi connectivity index (χ3v) is 104. The Hall–Kier alpha value is 0.440. The van der Waals surface area contributed by atoms with Crippen LogP contribution in [0.3, 0.4) is 0 Å². The summed E-state index contributed by atoms with van der Waals surface area (Å²) in [7, 11) is 0. The van der Waals surface area contributed by atoms with Crippen molar-refractivity contribution in [3.05, 3.63) is 39.8 Å². The first-order chi connectivity index (χ1) is 8.37. The number of nitrogens with one attached hydrogen (secondary N) is 1. The van der Waals surface area contributed by atoms with Crippen LogP contribution in [-0.2, 0) is 12.0 Å². The fourth-order valence-corrected chi connectivity index (χ4v) is 31.5. The van der Waals surface area contributed by atoms with Gasteiger partial charge in [0.05, 0.1) is 0 Å². The molecule has 2 rings (SSSR count). The SMILES string of the molecule is C[SiH](C)[Zr]([CH3])([CH3])([CH3])([CH3])([CH3])([CH3])([C]1=CC=CC1)[c]1ccc[nH]1.Cl.Cl. The van der Waals surface area contributed by atoms with Crippen LogP contribution >= 0.6 is 24.8 Å². The van der Waals surface area contributed by atoms with E-state index >= 15 is 0 Å². The summed E-state index contributed by atoms with van der Waals surface area (Å²) < 4.78 is 19.1. The number of hydrogen-bond donors (Lipinski definition) is 1. The van der Waals surface area contributed by atoms with Crippen LogP contribution in [0.2, 0.25) is 40.9 Å². The van der Waals surface area contributed by atoms with Crippen molar-refractivity contribution in [2.75, 3.05) is 0 Å². The summed E-state index contributed by atoms with van der Waals surface area (Å²) in [5, 5.41) is 0. The van der Waals surface area contributed by atoms with E-state index < -0.39 is 17.9 Å². The van der Waals surface area contributed by atoms with Gasteiger partial charge in [-0.3, -0.25) is 0 Å². The Morgan fingerprint density at radius 1 is 1.00 bits per heavy atom. The molecule has 1 aromatic rings. The number of halogens is 2. The van der Waals surface area contributed by atoms with Gasteiger partial charge in [0.1, 0.15) is 0 Å². The molecular weight excluding hydrogens is 408 g/mol. The van der Waals surface area contributed by atoms with E-state index in [2.05, 4.69) is 82.4 Å². The molecule has 0 saturated carbocycles. The standard InChI is InChI=1S/C5H5.C4H4N.C2H7Si.6CH3.2ClH.Zr/c2*1-2-4-5-3-1;1-3-2;;;;;;;;;/h1-3H,4H2;1-3,5H;3H,1-2H3;6*1H3;2*1H;. The minimum absolute atomic E-state index is 0. The van der Waals surface area contributed by atoms with Gasteiger partial charge in [0.25, 0.3) is 0 Å². The van der Waals surface area contributed by atoms with Crippen LogP contribution in [0.25, 0.3) is 0 Å². The van der Waals surface area contributed by atoms with Gasteiger partial charge in [0.2, 0.25) is 0 Å². The van der Waals surface area contributed by atoms with E-state index in [0.29, 0.717) is 0 Å². The number of H-pyrrole nitrogens is 1. The van der Waals surface area contributed by atoms with Gasteiger partial charge in [-0.25, -0.2) is 0 Å². The van der Waals surface area contributed by atoms with Crippen LogP contribution in [0.5, 0.6) is 0 Å². The van der Waals surface area contributed by atoms with E-state index in [1.165, 1.54) is 3.40 Å². The van der Waals surface area contributed by atoms with Gasteiger partial charge in [0, 0.05) is 0 Å². The molecule has 0 spiro atoms. The zero-order valence-electron chi connectivity index (χ0n) is 15.6. The molecule has 0 fully saturated rings. The van der Waals surface area contributed by atoms with Crippen molar-refractivity contribution in [3.8, 4) is 0 Å². The quantitative estimate of drug-likeness (QED) is 0.517. The molecule has 1 heterocycles. The Labute approximate surface area is 137 Å². The van der Waals surface area contributed by atoms with Crippen LogP contribution in [0.1, 0.15) is 6.42 Å². The summed E-state index contributed by atoms with van der Waals surface area (Å²) in [5.41, 5.74) is 0. The Morgan fingerprint density at radius 3 is 1.86 bits per heavy atom. The Bertz CT molecular complexity index is 729. The summed E-state index contributed by atoms with van der Waals surface area (Å²) in [6.07, 6.45) is 10.2. The second-order valence-electron chi connectivity index (χ2n) is 16.2. The van der Waals surface area contributed by atoms with E-state index in [9.17, 15) is 0 Å². The number of aromatic nitrogens is 1. The van der Waals surface area contributed by atoms with Crippen molar-refractivity contribution in [3.63, 3.8) is 0 Å². The smallest absolute Gasteiger partial charge is 0.147 e. The molecule has 0 atom stereocenters. The molecule has 131 valence electrons. The molecular formula is C17H36Cl2NSiZr. The summed E-state index contributed by atoms with van der Waals surface area (Å²) in [4.78, 5) is 3.68. The monoisotopic (exact) mass is 442 g/mol. The molecule has 0 amide bonds. The molecule has 1 N–H and O–H groups in total. The maximum Gasteiger partial charge on any atom is -0.147 e. The van der Waals surface area contributed by atoms with Gasteiger partial charge < -0.3 is 0 Å². The van der Waals surface area contributed by atoms with Crippen molar-refractivity contribution in [2.24, 2.45) is 0 Å². The molecule has 1 aliphatic carbocycles. The third kappa shape index (κ3) is 1.98. The van der Waals surface area contributed by atoms with E-state index in [-0.39, 0.29) is 24.8 Å². The second kappa shape index (κ2) is 3.14. The van der Waals surface area contributed by atoms with Gasteiger partial charge in [0.15, 0.2) is 0 Å². The largest absolute Gasteiger partial charge is 0.147 e. The molecule has 0 aliphatic heterocycles. The molecule has 0 bridgehead atoms. The van der Waals surface area contributed by atoms with Crippen LogP contribution in [-0.4, -0.2) is 10.9 Å². The first kappa shape index (κ1) is 22.4. The zero-order valence-corrected chi connectivity index (χ0v) is 20.8. The molecule has 0 unspecified atom stereocenters. The predicted molar refractivity (Wildman–Crippen MR) is 111 cm³/mol. The summed E-state index contributed by atoms with van der Waals surface area (Å²) in [6.45, 7) is 5.10. The number of aromatic amines is 1. The van der Waals surface area contributed by atoms with Gasteiger partial charge in [-0.05, 0) is 0 Å². The Balaban J connectivity index is 0.00000220. The second-order valence-corrected chi connectivity index (χ2v) is 116. The zero-order chi connectivity index (χ0) is 15.7. The number of rotatable bonds is 3. The topological polar surface area (TPSA) is 15.8 Å².